The molecule has 1 amide bonds. The highest BCUT2D eigenvalue weighted by atomic mass is 127. The number of anilines is 1. The van der Waals surface area contributed by atoms with Crippen molar-refractivity contribution in [3.05, 3.63) is 40.2 Å². The molecule has 1 aliphatic heterocycles. The maximum atomic E-state index is 12.0. The lowest BCUT2D eigenvalue weighted by Crippen LogP contribution is -2.29. The Labute approximate surface area is 153 Å². The van der Waals surface area contributed by atoms with Gasteiger partial charge in [-0.25, -0.2) is 4.68 Å². The molecule has 2 heterocycles. The summed E-state index contributed by atoms with van der Waals surface area (Å²) in [7, 11) is 0. The van der Waals surface area contributed by atoms with Crippen LogP contribution >= 0.6 is 22.6 Å². The maximum Gasteiger partial charge on any atom is 0.229 e. The summed E-state index contributed by atoms with van der Waals surface area (Å²) in [5.41, 5.74) is 0.926. The number of carbonyl (C=O) groups excluding carboxylic acids is 1. The van der Waals surface area contributed by atoms with Crippen LogP contribution in [0.15, 0.2) is 31.1 Å². The molecule has 3 rings (SSSR count). The van der Waals surface area contributed by atoms with Crippen molar-refractivity contribution < 1.29 is 14.3 Å². The lowest BCUT2D eigenvalue weighted by molar-refractivity contribution is -0.117. The molecule has 8 heteroatoms. The highest BCUT2D eigenvalue weighted by Crippen LogP contribution is 2.38. The topological polar surface area (TPSA) is 78.3 Å². The van der Waals surface area contributed by atoms with Crippen LogP contribution in [0.25, 0.3) is 0 Å². The minimum absolute atomic E-state index is 0.0829. The van der Waals surface area contributed by atoms with Crippen LogP contribution in [0, 0.1) is 3.57 Å². The van der Waals surface area contributed by atoms with E-state index in [2.05, 4.69) is 44.6 Å². The van der Waals surface area contributed by atoms with Gasteiger partial charge < -0.3 is 9.47 Å². The Balaban J connectivity index is 2.03. The number of rotatable bonds is 6. The lowest BCUT2D eigenvalue weighted by Gasteiger charge is -2.25. The molecule has 0 fully saturated rings. The van der Waals surface area contributed by atoms with Crippen LogP contribution in [0.4, 0.5) is 5.95 Å². The van der Waals surface area contributed by atoms with Crippen molar-refractivity contribution >= 4 is 34.4 Å². The SMILES string of the molecule is C=CCOc1c(I)cc([C@@H]2CC(=O)Nc3ncnn32)cc1OCC. The van der Waals surface area contributed by atoms with Crippen LogP contribution in [0.5, 0.6) is 11.5 Å². The van der Waals surface area contributed by atoms with Gasteiger partial charge in [-0.05, 0) is 47.2 Å². The summed E-state index contributed by atoms with van der Waals surface area (Å²) < 4.78 is 14.1. The fraction of sp³-hybridized carbons (Fsp3) is 0.312. The summed E-state index contributed by atoms with van der Waals surface area (Å²) >= 11 is 2.21. The largest absolute Gasteiger partial charge is 0.490 e. The molecule has 1 aromatic carbocycles. The van der Waals surface area contributed by atoms with Crippen LogP contribution in [-0.2, 0) is 4.79 Å². The second-order valence-electron chi connectivity index (χ2n) is 5.16. The number of hydrogen-bond acceptors (Lipinski definition) is 5. The van der Waals surface area contributed by atoms with E-state index >= 15 is 0 Å². The van der Waals surface area contributed by atoms with E-state index in [9.17, 15) is 4.79 Å². The van der Waals surface area contributed by atoms with Crippen LogP contribution in [-0.4, -0.2) is 33.9 Å². The van der Waals surface area contributed by atoms with E-state index in [0.29, 0.717) is 37.1 Å². The Bertz CT molecular complexity index is 775. The number of hydrogen-bond donors (Lipinski definition) is 1. The first-order valence-corrected chi connectivity index (χ1v) is 8.61. The zero-order chi connectivity index (χ0) is 17.1. The Morgan fingerprint density at radius 3 is 3.08 bits per heavy atom. The fourth-order valence-electron chi connectivity index (χ4n) is 2.59. The van der Waals surface area contributed by atoms with E-state index in [1.807, 2.05) is 19.1 Å². The number of ether oxygens (including phenoxy) is 2. The predicted octanol–water partition coefficient (Wildman–Crippen LogP) is 2.78. The first-order chi connectivity index (χ1) is 11.6. The van der Waals surface area contributed by atoms with Crippen molar-refractivity contribution in [1.29, 1.82) is 0 Å². The van der Waals surface area contributed by atoms with Gasteiger partial charge in [0.1, 0.15) is 12.9 Å². The van der Waals surface area contributed by atoms with E-state index in [4.69, 9.17) is 9.47 Å². The molecule has 0 saturated carbocycles. The lowest BCUT2D eigenvalue weighted by atomic mass is 10.0. The van der Waals surface area contributed by atoms with Crippen molar-refractivity contribution in [3.8, 4) is 11.5 Å². The standard InChI is InChI=1S/C16H17IN4O3/c1-3-5-24-15-11(17)6-10(7-13(15)23-4-2)12-8-14(22)20-16-18-9-19-21(12)16/h3,6-7,9,12H,1,4-5,8H2,2H3,(H,18,19,20,22)/t12-/m0/s1. The maximum absolute atomic E-state index is 12.0. The summed E-state index contributed by atoms with van der Waals surface area (Å²) in [6.45, 7) is 6.50. The first kappa shape index (κ1) is 16.7. The normalized spacial score (nSPS) is 16.2. The van der Waals surface area contributed by atoms with E-state index in [0.717, 1.165) is 9.13 Å². The zero-order valence-electron chi connectivity index (χ0n) is 13.2. The molecular weight excluding hydrogens is 423 g/mol. The Kier molecular flexibility index (Phi) is 5.03. The molecule has 0 saturated heterocycles. The van der Waals surface area contributed by atoms with Gasteiger partial charge in [-0.1, -0.05) is 12.7 Å². The van der Waals surface area contributed by atoms with Crippen LogP contribution in [0.1, 0.15) is 24.9 Å². The molecule has 0 aliphatic carbocycles. The van der Waals surface area contributed by atoms with Gasteiger partial charge in [0.25, 0.3) is 0 Å². The molecule has 1 aliphatic rings. The average molecular weight is 440 g/mol. The fourth-order valence-corrected chi connectivity index (χ4v) is 3.37. The van der Waals surface area contributed by atoms with Crippen LogP contribution < -0.4 is 14.8 Å². The number of aromatic nitrogens is 3. The smallest absolute Gasteiger partial charge is 0.229 e. The summed E-state index contributed by atoms with van der Waals surface area (Å²) in [5.74, 6) is 1.70. The second kappa shape index (κ2) is 7.20. The van der Waals surface area contributed by atoms with Crippen molar-refractivity contribution in [1.82, 2.24) is 14.8 Å². The second-order valence-corrected chi connectivity index (χ2v) is 6.32. The number of benzene rings is 1. The molecule has 0 radical (unpaired) electrons. The van der Waals surface area contributed by atoms with E-state index < -0.39 is 0 Å². The van der Waals surface area contributed by atoms with E-state index in [1.165, 1.54) is 6.33 Å². The average Bonchev–Trinajstić information content (AvgIpc) is 3.01. The molecule has 0 bridgehead atoms. The molecule has 2 aromatic rings. The highest BCUT2D eigenvalue weighted by Gasteiger charge is 2.29. The summed E-state index contributed by atoms with van der Waals surface area (Å²) in [5, 5.41) is 6.94. The number of nitrogens with zero attached hydrogens (tertiary/aromatic N) is 3. The monoisotopic (exact) mass is 440 g/mol. The van der Waals surface area contributed by atoms with Gasteiger partial charge in [-0.2, -0.15) is 10.1 Å². The molecule has 1 atom stereocenters. The number of nitrogens with one attached hydrogen (secondary N) is 1. The minimum atomic E-state index is -0.225. The highest BCUT2D eigenvalue weighted by molar-refractivity contribution is 14.1. The molecule has 1 N–H and O–H groups in total. The summed E-state index contributed by atoms with van der Waals surface area (Å²) in [4.78, 5) is 16.0. The quantitative estimate of drug-likeness (QED) is 0.552. The molecule has 24 heavy (non-hydrogen) atoms. The number of amides is 1. The third kappa shape index (κ3) is 3.23. The van der Waals surface area contributed by atoms with Gasteiger partial charge >= 0.3 is 0 Å². The number of fused-ring (bicyclic) bond motifs is 1. The molecular formula is C16H17IN4O3. The third-order valence-electron chi connectivity index (χ3n) is 3.56. The van der Waals surface area contributed by atoms with Gasteiger partial charge in [0.05, 0.1) is 22.6 Å². The van der Waals surface area contributed by atoms with E-state index in [1.54, 1.807) is 10.8 Å². The van der Waals surface area contributed by atoms with Crippen LogP contribution in [0.2, 0.25) is 0 Å². The van der Waals surface area contributed by atoms with Gasteiger partial charge in [0, 0.05) is 0 Å². The molecule has 126 valence electrons. The Hall–Kier alpha value is -2.10. The zero-order valence-corrected chi connectivity index (χ0v) is 15.3. The summed E-state index contributed by atoms with van der Waals surface area (Å²) in [6.07, 6.45) is 3.42. The van der Waals surface area contributed by atoms with Gasteiger partial charge in [-0.3, -0.25) is 10.1 Å². The minimum Gasteiger partial charge on any atom is -0.490 e. The van der Waals surface area contributed by atoms with Crippen LogP contribution in [0.3, 0.4) is 0 Å². The van der Waals surface area contributed by atoms with Crippen molar-refractivity contribution in [2.75, 3.05) is 18.5 Å². The molecule has 0 unspecified atom stereocenters. The van der Waals surface area contributed by atoms with Gasteiger partial charge in [-0.15, -0.1) is 0 Å². The predicted molar refractivity (Wildman–Crippen MR) is 97.4 cm³/mol. The Morgan fingerprint density at radius 2 is 2.33 bits per heavy atom. The molecule has 7 nitrogen and oxygen atoms in total. The van der Waals surface area contributed by atoms with Gasteiger partial charge in [0.2, 0.25) is 11.9 Å². The Morgan fingerprint density at radius 1 is 1.50 bits per heavy atom. The molecule has 0 spiro atoms. The first-order valence-electron chi connectivity index (χ1n) is 7.53. The summed E-state index contributed by atoms with van der Waals surface area (Å²) in [6, 6.07) is 3.66. The molecule has 1 aromatic heterocycles. The van der Waals surface area contributed by atoms with Crippen molar-refractivity contribution in [3.63, 3.8) is 0 Å². The van der Waals surface area contributed by atoms with E-state index in [-0.39, 0.29) is 11.9 Å². The number of halogens is 1. The van der Waals surface area contributed by atoms with Crippen molar-refractivity contribution in [2.24, 2.45) is 0 Å². The van der Waals surface area contributed by atoms with Gasteiger partial charge in [0.15, 0.2) is 11.5 Å². The van der Waals surface area contributed by atoms with Crippen molar-refractivity contribution in [2.45, 2.75) is 19.4 Å². The third-order valence-corrected chi connectivity index (χ3v) is 4.36. The number of carbonyl (C=O) groups is 1.